The summed E-state index contributed by atoms with van der Waals surface area (Å²) in [6.45, 7) is 4.96. The second kappa shape index (κ2) is 9.55. The number of rotatable bonds is 8. The zero-order valence-corrected chi connectivity index (χ0v) is 17.8. The number of imide groups is 1. The molecule has 0 fully saturated rings. The molecule has 0 bridgehead atoms. The minimum atomic E-state index is -1.10. The summed E-state index contributed by atoms with van der Waals surface area (Å²) in [7, 11) is 0. The Kier molecular flexibility index (Phi) is 6.84. The minimum Gasteiger partial charge on any atom is -0.454 e. The summed E-state index contributed by atoms with van der Waals surface area (Å²) in [5.74, 6) is -2.61. The number of fused-ring (bicyclic) bond motifs is 1. The largest absolute Gasteiger partial charge is 0.454 e. The van der Waals surface area contributed by atoms with Crippen LogP contribution in [0.4, 0.5) is 0 Å². The van der Waals surface area contributed by atoms with E-state index in [9.17, 15) is 19.2 Å². The van der Waals surface area contributed by atoms with Crippen molar-refractivity contribution in [1.29, 1.82) is 0 Å². The Morgan fingerprint density at radius 3 is 2.03 bits per heavy atom. The maximum Gasteiger partial charge on any atom is 0.330 e. The second-order valence-corrected chi connectivity index (χ2v) is 7.66. The molecule has 1 aliphatic heterocycles. The molecule has 1 N–H and O–H groups in total. The van der Waals surface area contributed by atoms with Crippen LogP contribution >= 0.6 is 0 Å². The zero-order chi connectivity index (χ0) is 22.5. The van der Waals surface area contributed by atoms with Gasteiger partial charge in [-0.05, 0) is 30.5 Å². The number of nitrogens with one attached hydrogen (secondary N) is 1. The quantitative estimate of drug-likeness (QED) is 0.521. The molecule has 3 atom stereocenters. The van der Waals surface area contributed by atoms with E-state index in [0.717, 1.165) is 10.5 Å². The first kappa shape index (κ1) is 22.2. The SMILES string of the molecule is CC[C@H](C)[C@@H](C(=O)OCC(=O)N[C@H](C)c1ccccc1)N1C(=O)c2ccccc2C1=O. The van der Waals surface area contributed by atoms with E-state index in [1.54, 1.807) is 31.2 Å². The Bertz CT molecular complexity index is 953. The fourth-order valence-electron chi connectivity index (χ4n) is 3.61. The summed E-state index contributed by atoms with van der Waals surface area (Å²) in [5, 5.41) is 2.77. The standard InChI is InChI=1S/C24H26N2O5/c1-4-15(2)21(26-22(28)18-12-8-9-13-19(18)23(26)29)24(30)31-14-20(27)25-16(3)17-10-6-5-7-11-17/h5-13,15-16,21H,4,14H2,1-3H3,(H,25,27)/t15-,16+,21-/m0/s1. The third-order valence-corrected chi connectivity index (χ3v) is 5.55. The number of hydrogen-bond donors (Lipinski definition) is 1. The average molecular weight is 422 g/mol. The van der Waals surface area contributed by atoms with Gasteiger partial charge in [-0.15, -0.1) is 0 Å². The number of carbonyl (C=O) groups excluding carboxylic acids is 4. The maximum atomic E-state index is 12.9. The molecule has 31 heavy (non-hydrogen) atoms. The van der Waals surface area contributed by atoms with E-state index < -0.39 is 36.3 Å². The van der Waals surface area contributed by atoms with Crippen LogP contribution in [-0.2, 0) is 14.3 Å². The molecule has 162 valence electrons. The van der Waals surface area contributed by atoms with Crippen LogP contribution in [0.15, 0.2) is 54.6 Å². The predicted octanol–water partition coefficient (Wildman–Crippen LogP) is 3.12. The minimum absolute atomic E-state index is 0.256. The van der Waals surface area contributed by atoms with Gasteiger partial charge in [-0.25, -0.2) is 4.79 Å². The Balaban J connectivity index is 1.68. The Morgan fingerprint density at radius 1 is 0.935 bits per heavy atom. The Hall–Kier alpha value is -3.48. The predicted molar refractivity (Wildman–Crippen MR) is 114 cm³/mol. The molecule has 0 saturated carbocycles. The van der Waals surface area contributed by atoms with Crippen LogP contribution in [0.1, 0.15) is 59.5 Å². The number of benzene rings is 2. The van der Waals surface area contributed by atoms with Gasteiger partial charge in [-0.3, -0.25) is 19.3 Å². The van der Waals surface area contributed by atoms with E-state index in [1.807, 2.05) is 44.2 Å². The average Bonchev–Trinajstić information content (AvgIpc) is 3.03. The van der Waals surface area contributed by atoms with Gasteiger partial charge in [0, 0.05) is 0 Å². The van der Waals surface area contributed by atoms with E-state index >= 15 is 0 Å². The molecule has 0 saturated heterocycles. The molecule has 7 heteroatoms. The lowest BCUT2D eigenvalue weighted by Gasteiger charge is -2.28. The molecule has 1 aliphatic rings. The molecule has 1 heterocycles. The lowest BCUT2D eigenvalue weighted by Crippen LogP contribution is -2.49. The normalized spacial score (nSPS) is 15.8. The first-order chi connectivity index (χ1) is 14.8. The van der Waals surface area contributed by atoms with Gasteiger partial charge < -0.3 is 10.1 Å². The molecule has 3 amide bonds. The molecule has 0 spiro atoms. The van der Waals surface area contributed by atoms with Gasteiger partial charge in [0.1, 0.15) is 6.04 Å². The third kappa shape index (κ3) is 4.66. The monoisotopic (exact) mass is 422 g/mol. The number of ether oxygens (including phenoxy) is 1. The number of hydrogen-bond acceptors (Lipinski definition) is 5. The highest BCUT2D eigenvalue weighted by atomic mass is 16.5. The smallest absolute Gasteiger partial charge is 0.330 e. The van der Waals surface area contributed by atoms with Gasteiger partial charge in [0.25, 0.3) is 17.7 Å². The summed E-state index contributed by atoms with van der Waals surface area (Å²) >= 11 is 0. The first-order valence-electron chi connectivity index (χ1n) is 10.3. The fraction of sp³-hybridized carbons (Fsp3) is 0.333. The topological polar surface area (TPSA) is 92.8 Å². The lowest BCUT2D eigenvalue weighted by atomic mass is 9.97. The third-order valence-electron chi connectivity index (χ3n) is 5.55. The highest BCUT2D eigenvalue weighted by molar-refractivity contribution is 6.22. The lowest BCUT2D eigenvalue weighted by molar-refractivity contribution is -0.154. The van der Waals surface area contributed by atoms with Gasteiger partial charge in [-0.2, -0.15) is 0 Å². The van der Waals surface area contributed by atoms with Crippen molar-refractivity contribution in [2.24, 2.45) is 5.92 Å². The van der Waals surface area contributed by atoms with Crippen molar-refractivity contribution < 1.29 is 23.9 Å². The Morgan fingerprint density at radius 2 is 1.48 bits per heavy atom. The Labute approximate surface area is 181 Å². The van der Waals surface area contributed by atoms with Gasteiger partial charge in [0.15, 0.2) is 6.61 Å². The van der Waals surface area contributed by atoms with Gasteiger partial charge in [-0.1, -0.05) is 62.7 Å². The van der Waals surface area contributed by atoms with E-state index in [2.05, 4.69) is 5.32 Å². The molecular weight excluding hydrogens is 396 g/mol. The molecule has 0 aromatic heterocycles. The van der Waals surface area contributed by atoms with Crippen LogP contribution in [0, 0.1) is 5.92 Å². The molecular formula is C24H26N2O5. The molecule has 0 aliphatic carbocycles. The van der Waals surface area contributed by atoms with Crippen molar-refractivity contribution in [3.8, 4) is 0 Å². The van der Waals surface area contributed by atoms with Crippen molar-refractivity contribution in [2.75, 3.05) is 6.61 Å². The van der Waals surface area contributed by atoms with Gasteiger partial charge in [0.2, 0.25) is 0 Å². The van der Waals surface area contributed by atoms with Crippen LogP contribution in [0.25, 0.3) is 0 Å². The number of esters is 1. The summed E-state index contributed by atoms with van der Waals surface area (Å²) in [6, 6.07) is 14.5. The number of carbonyl (C=O) groups is 4. The molecule has 2 aromatic carbocycles. The van der Waals surface area contributed by atoms with Crippen molar-refractivity contribution in [3.63, 3.8) is 0 Å². The molecule has 7 nitrogen and oxygen atoms in total. The molecule has 3 rings (SSSR count). The van der Waals surface area contributed by atoms with Crippen LogP contribution in [0.2, 0.25) is 0 Å². The highest BCUT2D eigenvalue weighted by Gasteiger charge is 2.45. The van der Waals surface area contributed by atoms with E-state index in [0.29, 0.717) is 6.42 Å². The highest BCUT2D eigenvalue weighted by Crippen LogP contribution is 2.28. The van der Waals surface area contributed by atoms with Crippen molar-refractivity contribution in [1.82, 2.24) is 10.2 Å². The molecule has 0 unspecified atom stereocenters. The van der Waals surface area contributed by atoms with E-state index in [-0.39, 0.29) is 23.1 Å². The van der Waals surface area contributed by atoms with Crippen LogP contribution < -0.4 is 5.32 Å². The summed E-state index contributed by atoms with van der Waals surface area (Å²) in [4.78, 5) is 51.8. The second-order valence-electron chi connectivity index (χ2n) is 7.66. The van der Waals surface area contributed by atoms with E-state index in [4.69, 9.17) is 4.74 Å². The summed E-state index contributed by atoms with van der Waals surface area (Å²) in [6.07, 6.45) is 0.546. The molecule has 0 radical (unpaired) electrons. The fourth-order valence-corrected chi connectivity index (χ4v) is 3.61. The van der Waals surface area contributed by atoms with Crippen LogP contribution in [0.5, 0.6) is 0 Å². The summed E-state index contributed by atoms with van der Waals surface area (Å²) < 4.78 is 5.24. The first-order valence-corrected chi connectivity index (χ1v) is 10.3. The summed E-state index contributed by atoms with van der Waals surface area (Å²) in [5.41, 5.74) is 1.46. The number of nitrogens with zero attached hydrogens (tertiary/aromatic N) is 1. The maximum absolute atomic E-state index is 12.9. The zero-order valence-electron chi connectivity index (χ0n) is 17.8. The van der Waals surface area contributed by atoms with Gasteiger partial charge in [0.05, 0.1) is 17.2 Å². The van der Waals surface area contributed by atoms with E-state index in [1.165, 1.54) is 0 Å². The van der Waals surface area contributed by atoms with Crippen molar-refractivity contribution in [2.45, 2.75) is 39.3 Å². The van der Waals surface area contributed by atoms with Crippen molar-refractivity contribution in [3.05, 3.63) is 71.3 Å². The molecule has 2 aromatic rings. The van der Waals surface area contributed by atoms with Crippen molar-refractivity contribution >= 4 is 23.7 Å². The number of amides is 3. The van der Waals surface area contributed by atoms with Crippen LogP contribution in [0.3, 0.4) is 0 Å². The van der Waals surface area contributed by atoms with Gasteiger partial charge >= 0.3 is 5.97 Å². The van der Waals surface area contributed by atoms with Crippen LogP contribution in [-0.4, -0.2) is 41.2 Å².